The van der Waals surface area contributed by atoms with E-state index in [9.17, 15) is 18.0 Å². The van der Waals surface area contributed by atoms with Gasteiger partial charge >= 0.3 is 6.18 Å². The number of carbonyl (C=O) groups is 1. The number of alkyl halides is 3. The van der Waals surface area contributed by atoms with Gasteiger partial charge in [-0.2, -0.15) is 13.2 Å². The molecule has 2 atom stereocenters. The molecule has 3 aromatic carbocycles. The zero-order chi connectivity index (χ0) is 24.4. The summed E-state index contributed by atoms with van der Waals surface area (Å²) in [7, 11) is 0. The fourth-order valence-corrected chi connectivity index (χ4v) is 4.85. The van der Waals surface area contributed by atoms with Crippen LogP contribution in [0.3, 0.4) is 0 Å². The molecule has 182 valence electrons. The third-order valence-corrected chi connectivity index (χ3v) is 6.91. The van der Waals surface area contributed by atoms with Crippen LogP contribution in [0, 0.1) is 0 Å². The standard InChI is InChI=1S/C28H28F3N3O/c29-28(30,31)21-6-4-5-20(17-21)27(35)33-22-11-9-19(10-12-22)25-18-26(25)32-23-13-15-34(16-14-23)24-7-2-1-3-8-24/h1-12,17,23,25-26,32H,13-16,18H2,(H,33,35)/t25-,26+/m0/s1. The molecule has 2 fully saturated rings. The minimum absolute atomic E-state index is 0.0197. The third-order valence-electron chi connectivity index (χ3n) is 6.91. The summed E-state index contributed by atoms with van der Waals surface area (Å²) < 4.78 is 38.7. The summed E-state index contributed by atoms with van der Waals surface area (Å²) in [5.41, 5.74) is 2.21. The molecule has 0 radical (unpaired) electrons. The second-order valence-corrected chi connectivity index (χ2v) is 9.37. The normalized spacial score (nSPS) is 20.5. The van der Waals surface area contributed by atoms with Crippen molar-refractivity contribution in [2.45, 2.75) is 43.4 Å². The number of hydrogen-bond acceptors (Lipinski definition) is 3. The molecule has 1 aliphatic carbocycles. The van der Waals surface area contributed by atoms with Crippen LogP contribution < -0.4 is 15.5 Å². The first-order chi connectivity index (χ1) is 16.9. The number of hydrogen-bond donors (Lipinski definition) is 2. The topological polar surface area (TPSA) is 44.4 Å². The Bertz CT molecular complexity index is 1160. The molecular weight excluding hydrogens is 451 g/mol. The second-order valence-electron chi connectivity index (χ2n) is 9.37. The number of amides is 1. The molecule has 1 amide bonds. The first kappa shape index (κ1) is 23.4. The van der Waals surface area contributed by atoms with Gasteiger partial charge in [0.05, 0.1) is 5.56 Å². The fraction of sp³-hybridized carbons (Fsp3) is 0.321. The van der Waals surface area contributed by atoms with Crippen LogP contribution in [0.2, 0.25) is 0 Å². The number of carbonyl (C=O) groups excluding carboxylic acids is 1. The largest absolute Gasteiger partial charge is 0.416 e. The monoisotopic (exact) mass is 479 g/mol. The average molecular weight is 480 g/mol. The molecule has 0 aromatic heterocycles. The van der Waals surface area contributed by atoms with E-state index in [0.29, 0.717) is 23.7 Å². The molecule has 0 unspecified atom stereocenters. The van der Waals surface area contributed by atoms with E-state index < -0.39 is 17.6 Å². The lowest BCUT2D eigenvalue weighted by molar-refractivity contribution is -0.137. The molecule has 1 heterocycles. The molecule has 35 heavy (non-hydrogen) atoms. The molecule has 1 saturated carbocycles. The zero-order valence-electron chi connectivity index (χ0n) is 19.3. The SMILES string of the molecule is O=C(Nc1ccc([C@@H]2C[C@H]2NC2CCN(c3ccccc3)CC2)cc1)c1cccc(C(F)(F)F)c1. The summed E-state index contributed by atoms with van der Waals surface area (Å²) in [4.78, 5) is 14.9. The molecule has 1 aliphatic heterocycles. The van der Waals surface area contributed by atoms with E-state index in [1.165, 1.54) is 23.4 Å². The van der Waals surface area contributed by atoms with Crippen molar-refractivity contribution in [2.75, 3.05) is 23.3 Å². The van der Waals surface area contributed by atoms with Crippen molar-refractivity contribution in [3.63, 3.8) is 0 Å². The highest BCUT2D eigenvalue weighted by atomic mass is 19.4. The highest BCUT2D eigenvalue weighted by molar-refractivity contribution is 6.04. The summed E-state index contributed by atoms with van der Waals surface area (Å²) in [5, 5.41) is 6.50. The summed E-state index contributed by atoms with van der Waals surface area (Å²) in [6.45, 7) is 2.11. The number of piperidine rings is 1. The van der Waals surface area contributed by atoms with Gasteiger partial charge in [0, 0.05) is 48.0 Å². The van der Waals surface area contributed by atoms with Crippen molar-refractivity contribution in [1.82, 2.24) is 5.32 Å². The van der Waals surface area contributed by atoms with Gasteiger partial charge in [-0.15, -0.1) is 0 Å². The van der Waals surface area contributed by atoms with Crippen molar-refractivity contribution in [2.24, 2.45) is 0 Å². The maximum atomic E-state index is 12.9. The maximum absolute atomic E-state index is 12.9. The Morgan fingerprint density at radius 1 is 0.886 bits per heavy atom. The molecule has 0 bridgehead atoms. The summed E-state index contributed by atoms with van der Waals surface area (Å²) in [6, 6.07) is 23.6. The quantitative estimate of drug-likeness (QED) is 0.451. The highest BCUT2D eigenvalue weighted by Crippen LogP contribution is 2.42. The minimum Gasteiger partial charge on any atom is -0.371 e. The van der Waals surface area contributed by atoms with E-state index in [1.807, 2.05) is 30.3 Å². The molecule has 2 N–H and O–H groups in total. The van der Waals surface area contributed by atoms with E-state index in [2.05, 4.69) is 39.8 Å². The van der Waals surface area contributed by atoms with Crippen LogP contribution in [-0.2, 0) is 6.18 Å². The number of nitrogens with zero attached hydrogens (tertiary/aromatic N) is 1. The molecule has 1 saturated heterocycles. The predicted molar refractivity (Wildman–Crippen MR) is 132 cm³/mol. The molecule has 2 aliphatic rings. The Morgan fingerprint density at radius 2 is 1.60 bits per heavy atom. The van der Waals surface area contributed by atoms with Crippen LogP contribution in [0.1, 0.15) is 46.7 Å². The van der Waals surface area contributed by atoms with Gasteiger partial charge < -0.3 is 15.5 Å². The highest BCUT2D eigenvalue weighted by Gasteiger charge is 2.39. The Kier molecular flexibility index (Phi) is 6.52. The van der Waals surface area contributed by atoms with Gasteiger partial charge in [0.1, 0.15) is 0 Å². The van der Waals surface area contributed by atoms with Gasteiger partial charge in [0.25, 0.3) is 5.91 Å². The van der Waals surface area contributed by atoms with E-state index in [0.717, 1.165) is 44.5 Å². The van der Waals surface area contributed by atoms with Crippen LogP contribution in [-0.4, -0.2) is 31.1 Å². The first-order valence-electron chi connectivity index (χ1n) is 12.0. The van der Waals surface area contributed by atoms with Gasteiger partial charge in [-0.1, -0.05) is 36.4 Å². The van der Waals surface area contributed by atoms with Gasteiger partial charge in [-0.3, -0.25) is 4.79 Å². The van der Waals surface area contributed by atoms with Gasteiger partial charge in [-0.25, -0.2) is 0 Å². The number of nitrogens with one attached hydrogen (secondary N) is 2. The summed E-state index contributed by atoms with van der Waals surface area (Å²) in [5.74, 6) is -0.105. The summed E-state index contributed by atoms with van der Waals surface area (Å²) in [6.07, 6.45) is -1.14. The molecule has 7 heteroatoms. The Morgan fingerprint density at radius 3 is 2.29 bits per heavy atom. The Balaban J connectivity index is 1.11. The Hall–Kier alpha value is -3.32. The van der Waals surface area contributed by atoms with Crippen molar-refractivity contribution in [1.29, 1.82) is 0 Å². The number of halogens is 3. The number of rotatable bonds is 6. The van der Waals surface area contributed by atoms with E-state index >= 15 is 0 Å². The van der Waals surface area contributed by atoms with Gasteiger partial charge in [0.15, 0.2) is 0 Å². The fourth-order valence-electron chi connectivity index (χ4n) is 4.85. The number of anilines is 2. The Labute approximate surface area is 203 Å². The maximum Gasteiger partial charge on any atom is 0.416 e. The predicted octanol–water partition coefficient (Wildman–Crippen LogP) is 6.07. The van der Waals surface area contributed by atoms with Crippen molar-refractivity contribution in [3.05, 3.63) is 95.6 Å². The van der Waals surface area contributed by atoms with E-state index in [1.54, 1.807) is 0 Å². The van der Waals surface area contributed by atoms with E-state index in [-0.39, 0.29) is 5.56 Å². The zero-order valence-corrected chi connectivity index (χ0v) is 19.3. The summed E-state index contributed by atoms with van der Waals surface area (Å²) >= 11 is 0. The van der Waals surface area contributed by atoms with Crippen molar-refractivity contribution >= 4 is 17.3 Å². The first-order valence-corrected chi connectivity index (χ1v) is 12.0. The minimum atomic E-state index is -4.48. The lowest BCUT2D eigenvalue weighted by Crippen LogP contribution is -2.43. The van der Waals surface area contributed by atoms with Crippen LogP contribution in [0.15, 0.2) is 78.9 Å². The van der Waals surface area contributed by atoms with Gasteiger partial charge in [0.2, 0.25) is 0 Å². The average Bonchev–Trinajstić information content (AvgIpc) is 3.64. The van der Waals surface area contributed by atoms with Crippen LogP contribution in [0.4, 0.5) is 24.5 Å². The lowest BCUT2D eigenvalue weighted by atomic mass is 10.0. The molecule has 5 rings (SSSR count). The van der Waals surface area contributed by atoms with Crippen molar-refractivity contribution in [3.8, 4) is 0 Å². The van der Waals surface area contributed by atoms with Gasteiger partial charge in [-0.05, 0) is 67.3 Å². The van der Waals surface area contributed by atoms with Crippen LogP contribution in [0.5, 0.6) is 0 Å². The molecule has 0 spiro atoms. The smallest absolute Gasteiger partial charge is 0.371 e. The second kappa shape index (κ2) is 9.74. The van der Waals surface area contributed by atoms with Crippen LogP contribution >= 0.6 is 0 Å². The van der Waals surface area contributed by atoms with Crippen LogP contribution in [0.25, 0.3) is 0 Å². The third kappa shape index (κ3) is 5.68. The lowest BCUT2D eigenvalue weighted by Gasteiger charge is -2.34. The molecule has 3 aromatic rings. The number of para-hydroxylation sites is 1. The number of benzene rings is 3. The molecule has 4 nitrogen and oxygen atoms in total. The van der Waals surface area contributed by atoms with Crippen molar-refractivity contribution < 1.29 is 18.0 Å². The van der Waals surface area contributed by atoms with E-state index in [4.69, 9.17) is 0 Å². The molecular formula is C28H28F3N3O.